The number of nitrogens with zero attached hydrogens (tertiary/aromatic N) is 3. The summed E-state index contributed by atoms with van der Waals surface area (Å²) in [7, 11) is 1.99. The second-order valence-electron chi connectivity index (χ2n) is 6.21. The molecule has 26 heavy (non-hydrogen) atoms. The highest BCUT2D eigenvalue weighted by Crippen LogP contribution is 2.36. The lowest BCUT2D eigenvalue weighted by Gasteiger charge is -2.20. The van der Waals surface area contributed by atoms with Crippen molar-refractivity contribution in [1.29, 1.82) is 0 Å². The number of aliphatic hydroxyl groups excluding tert-OH is 1. The van der Waals surface area contributed by atoms with Gasteiger partial charge in [0, 0.05) is 30.7 Å². The van der Waals surface area contributed by atoms with Crippen molar-refractivity contribution in [3.63, 3.8) is 0 Å². The summed E-state index contributed by atoms with van der Waals surface area (Å²) >= 11 is 1.65. The van der Waals surface area contributed by atoms with E-state index in [0.717, 1.165) is 37.7 Å². The van der Waals surface area contributed by atoms with Crippen molar-refractivity contribution in [2.45, 2.75) is 13.0 Å². The second-order valence-corrected chi connectivity index (χ2v) is 7.22. The Kier molecular flexibility index (Phi) is 4.41. The van der Waals surface area contributed by atoms with E-state index in [4.69, 9.17) is 4.98 Å². The highest BCUT2D eigenvalue weighted by molar-refractivity contribution is 7.22. The Morgan fingerprint density at radius 1 is 1.00 bits per heavy atom. The van der Waals surface area contributed by atoms with Gasteiger partial charge in [-0.05, 0) is 48.4 Å². The molecular formula is C21H19N3OS. The van der Waals surface area contributed by atoms with Crippen LogP contribution in [-0.2, 0) is 0 Å². The zero-order valence-corrected chi connectivity index (χ0v) is 15.4. The number of aromatic nitrogens is 2. The van der Waals surface area contributed by atoms with Gasteiger partial charge in [0.25, 0.3) is 0 Å². The molecule has 5 heteroatoms. The minimum atomic E-state index is -0.527. The van der Waals surface area contributed by atoms with Gasteiger partial charge in [0.2, 0.25) is 0 Å². The number of thiazole rings is 1. The lowest BCUT2D eigenvalue weighted by Crippen LogP contribution is -2.12. The predicted molar refractivity (Wildman–Crippen MR) is 108 cm³/mol. The fourth-order valence-electron chi connectivity index (χ4n) is 3.03. The number of hydrogen-bond acceptors (Lipinski definition) is 5. The average molecular weight is 361 g/mol. The van der Waals surface area contributed by atoms with Crippen LogP contribution >= 0.6 is 11.3 Å². The van der Waals surface area contributed by atoms with Crippen LogP contribution in [0.3, 0.4) is 0 Å². The fourth-order valence-corrected chi connectivity index (χ4v) is 4.01. The zero-order valence-electron chi connectivity index (χ0n) is 14.6. The van der Waals surface area contributed by atoms with Crippen LogP contribution in [0.15, 0.2) is 67.0 Å². The van der Waals surface area contributed by atoms with Gasteiger partial charge in [0.1, 0.15) is 0 Å². The molecule has 1 N–H and O–H groups in total. The summed E-state index contributed by atoms with van der Waals surface area (Å²) in [6.45, 7) is 1.78. The Labute approximate surface area is 156 Å². The molecule has 130 valence electrons. The quantitative estimate of drug-likeness (QED) is 0.544. The monoisotopic (exact) mass is 361 g/mol. The van der Waals surface area contributed by atoms with Crippen LogP contribution in [0.4, 0.5) is 10.8 Å². The third-order valence-corrected chi connectivity index (χ3v) is 5.52. The van der Waals surface area contributed by atoms with E-state index in [0.29, 0.717) is 0 Å². The first kappa shape index (κ1) is 16.7. The number of hydrogen-bond donors (Lipinski definition) is 1. The average Bonchev–Trinajstić information content (AvgIpc) is 3.11. The maximum absolute atomic E-state index is 10.1. The molecule has 0 spiro atoms. The molecule has 0 aliphatic rings. The van der Waals surface area contributed by atoms with Crippen molar-refractivity contribution >= 4 is 32.4 Å². The van der Waals surface area contributed by atoms with E-state index in [2.05, 4.69) is 23.2 Å². The van der Waals surface area contributed by atoms with Gasteiger partial charge in [0.05, 0.1) is 16.3 Å². The van der Waals surface area contributed by atoms with Crippen LogP contribution in [0.25, 0.3) is 21.3 Å². The highest BCUT2D eigenvalue weighted by Gasteiger charge is 2.16. The Morgan fingerprint density at radius 3 is 2.54 bits per heavy atom. The smallest absolute Gasteiger partial charge is 0.190 e. The van der Waals surface area contributed by atoms with E-state index < -0.39 is 6.10 Å². The van der Waals surface area contributed by atoms with Crippen molar-refractivity contribution in [3.05, 3.63) is 72.6 Å². The van der Waals surface area contributed by atoms with Crippen molar-refractivity contribution < 1.29 is 5.11 Å². The van der Waals surface area contributed by atoms with Crippen LogP contribution in [0.5, 0.6) is 0 Å². The number of pyridine rings is 1. The molecule has 0 radical (unpaired) electrons. The lowest BCUT2D eigenvalue weighted by atomic mass is 10.1. The SMILES string of the molecule is CC(O)c1ccccc1N(C)c1nc2ccc(-c3ccncc3)cc2s1. The molecule has 1 unspecified atom stereocenters. The molecule has 1 atom stereocenters. The molecule has 0 bridgehead atoms. The number of benzene rings is 2. The summed E-state index contributed by atoms with van der Waals surface area (Å²) in [6, 6.07) is 18.2. The van der Waals surface area contributed by atoms with Crippen molar-refractivity contribution in [3.8, 4) is 11.1 Å². The van der Waals surface area contributed by atoms with E-state index >= 15 is 0 Å². The topological polar surface area (TPSA) is 49.2 Å². The predicted octanol–water partition coefficient (Wildman–Crippen LogP) is 5.18. The first-order valence-corrected chi connectivity index (χ1v) is 9.27. The van der Waals surface area contributed by atoms with Crippen LogP contribution in [0.1, 0.15) is 18.6 Å². The Bertz CT molecular complexity index is 1040. The molecule has 0 aliphatic carbocycles. The van der Waals surface area contributed by atoms with Crippen LogP contribution in [0.2, 0.25) is 0 Å². The molecule has 4 aromatic rings. The fraction of sp³-hybridized carbons (Fsp3) is 0.143. The number of para-hydroxylation sites is 1. The van der Waals surface area contributed by atoms with Crippen molar-refractivity contribution in [2.75, 3.05) is 11.9 Å². The first-order valence-electron chi connectivity index (χ1n) is 8.45. The molecule has 0 saturated carbocycles. The molecule has 0 saturated heterocycles. The Morgan fingerprint density at radius 2 is 1.77 bits per heavy atom. The number of rotatable bonds is 4. The second kappa shape index (κ2) is 6.86. The number of anilines is 2. The van der Waals surface area contributed by atoms with Gasteiger partial charge < -0.3 is 10.0 Å². The lowest BCUT2D eigenvalue weighted by molar-refractivity contribution is 0.200. The summed E-state index contributed by atoms with van der Waals surface area (Å²) in [4.78, 5) is 10.9. The van der Waals surface area contributed by atoms with E-state index in [-0.39, 0.29) is 0 Å². The van der Waals surface area contributed by atoms with Crippen LogP contribution in [0, 0.1) is 0 Å². The normalized spacial score (nSPS) is 12.3. The summed E-state index contributed by atoms with van der Waals surface area (Å²) < 4.78 is 1.13. The standard InChI is InChI=1S/C21H19N3OS/c1-14(25)17-5-3-4-6-19(17)24(2)21-23-18-8-7-16(13-20(18)26-21)15-9-11-22-12-10-15/h3-14,25H,1-2H3. The molecular weight excluding hydrogens is 342 g/mol. The molecule has 2 aromatic carbocycles. The van der Waals surface area contributed by atoms with Crippen molar-refractivity contribution in [1.82, 2.24) is 9.97 Å². The summed E-state index contributed by atoms with van der Waals surface area (Å²) in [5, 5.41) is 11.0. The Balaban J connectivity index is 1.74. The van der Waals surface area contributed by atoms with Gasteiger partial charge in [-0.3, -0.25) is 4.98 Å². The minimum Gasteiger partial charge on any atom is -0.389 e. The highest BCUT2D eigenvalue weighted by atomic mass is 32.1. The molecule has 0 fully saturated rings. The van der Waals surface area contributed by atoms with Crippen molar-refractivity contribution in [2.24, 2.45) is 0 Å². The molecule has 0 aliphatic heterocycles. The van der Waals surface area contributed by atoms with Gasteiger partial charge in [-0.15, -0.1) is 0 Å². The van der Waals surface area contributed by atoms with Crippen LogP contribution in [-0.4, -0.2) is 22.1 Å². The van der Waals surface area contributed by atoms with Gasteiger partial charge in [-0.2, -0.15) is 0 Å². The van der Waals surface area contributed by atoms with Gasteiger partial charge in [0.15, 0.2) is 5.13 Å². The molecule has 2 heterocycles. The van der Waals surface area contributed by atoms with E-state index in [1.54, 1.807) is 30.7 Å². The third-order valence-electron chi connectivity index (χ3n) is 4.43. The summed E-state index contributed by atoms with van der Waals surface area (Å²) in [5.74, 6) is 0. The maximum atomic E-state index is 10.1. The minimum absolute atomic E-state index is 0.527. The van der Waals surface area contributed by atoms with E-state index in [1.807, 2.05) is 48.3 Å². The van der Waals surface area contributed by atoms with E-state index in [9.17, 15) is 5.11 Å². The summed E-state index contributed by atoms with van der Waals surface area (Å²) in [5.41, 5.74) is 5.14. The van der Waals surface area contributed by atoms with Crippen LogP contribution < -0.4 is 4.90 Å². The largest absolute Gasteiger partial charge is 0.389 e. The number of aliphatic hydroxyl groups is 1. The number of fused-ring (bicyclic) bond motifs is 1. The molecule has 4 nitrogen and oxygen atoms in total. The molecule has 2 aromatic heterocycles. The van der Waals surface area contributed by atoms with Gasteiger partial charge >= 0.3 is 0 Å². The zero-order chi connectivity index (χ0) is 18.1. The summed E-state index contributed by atoms with van der Waals surface area (Å²) in [6.07, 6.45) is 3.08. The first-order chi connectivity index (χ1) is 12.6. The third kappa shape index (κ3) is 3.07. The van der Waals surface area contributed by atoms with E-state index in [1.165, 1.54) is 0 Å². The molecule has 0 amide bonds. The van der Waals surface area contributed by atoms with Gasteiger partial charge in [-0.25, -0.2) is 4.98 Å². The maximum Gasteiger partial charge on any atom is 0.190 e. The van der Waals surface area contributed by atoms with Gasteiger partial charge in [-0.1, -0.05) is 35.6 Å². The Hall–Kier alpha value is -2.76. The molecule has 4 rings (SSSR count).